The molecule has 1 atom stereocenters. The number of nitrogens with one attached hydrogen (secondary N) is 1. The first-order chi connectivity index (χ1) is 12.8. The number of unbranched alkanes of at least 4 members (excludes halogenated alkanes) is 15. The van der Waals surface area contributed by atoms with Crippen LogP contribution < -0.4 is 5.32 Å². The SMILES string of the molecule is CCCCCCCCCCCCCCCCCCN[C@@H](CO)CCCO. The van der Waals surface area contributed by atoms with Crippen LogP contribution in [0.15, 0.2) is 0 Å². The summed E-state index contributed by atoms with van der Waals surface area (Å²) in [5.74, 6) is 0. The summed E-state index contributed by atoms with van der Waals surface area (Å²) >= 11 is 0. The van der Waals surface area contributed by atoms with Gasteiger partial charge in [0.2, 0.25) is 0 Å². The van der Waals surface area contributed by atoms with Gasteiger partial charge in [0, 0.05) is 12.6 Å². The second-order valence-corrected chi connectivity index (χ2v) is 8.00. The van der Waals surface area contributed by atoms with E-state index in [0.29, 0.717) is 0 Å². The standard InChI is InChI=1S/C23H49NO2/c1-2-3-4-5-6-7-8-9-10-11-12-13-14-15-16-17-20-24-23(22-26)19-18-21-25/h23-26H,2-22H2,1H3/t23-/m1/s1. The highest BCUT2D eigenvalue weighted by Crippen LogP contribution is 2.13. The maximum atomic E-state index is 9.24. The van der Waals surface area contributed by atoms with Crippen molar-refractivity contribution in [2.75, 3.05) is 19.8 Å². The molecule has 0 saturated heterocycles. The monoisotopic (exact) mass is 371 g/mol. The summed E-state index contributed by atoms with van der Waals surface area (Å²) < 4.78 is 0. The fourth-order valence-corrected chi connectivity index (χ4v) is 3.57. The topological polar surface area (TPSA) is 52.5 Å². The third kappa shape index (κ3) is 20.2. The Morgan fingerprint density at radius 1 is 0.577 bits per heavy atom. The Morgan fingerprint density at radius 3 is 1.38 bits per heavy atom. The minimum Gasteiger partial charge on any atom is -0.396 e. The van der Waals surface area contributed by atoms with E-state index in [4.69, 9.17) is 5.11 Å². The van der Waals surface area contributed by atoms with Crippen molar-refractivity contribution in [2.24, 2.45) is 0 Å². The third-order valence-electron chi connectivity index (χ3n) is 5.39. The summed E-state index contributed by atoms with van der Waals surface area (Å²) in [5.41, 5.74) is 0. The lowest BCUT2D eigenvalue weighted by Gasteiger charge is -2.15. The Bertz CT molecular complexity index is 248. The normalized spacial score (nSPS) is 12.6. The molecule has 0 fully saturated rings. The number of aliphatic hydroxyl groups excluding tert-OH is 2. The molecular weight excluding hydrogens is 322 g/mol. The highest BCUT2D eigenvalue weighted by Gasteiger charge is 2.04. The Morgan fingerprint density at radius 2 is 1.00 bits per heavy atom. The van der Waals surface area contributed by atoms with Crippen LogP contribution in [0.5, 0.6) is 0 Å². The zero-order valence-corrected chi connectivity index (χ0v) is 17.8. The first-order valence-electron chi connectivity index (χ1n) is 11.8. The Hall–Kier alpha value is -0.120. The highest BCUT2D eigenvalue weighted by atomic mass is 16.3. The van der Waals surface area contributed by atoms with Gasteiger partial charge in [-0.1, -0.05) is 103 Å². The summed E-state index contributed by atoms with van der Waals surface area (Å²) in [6.45, 7) is 3.68. The fraction of sp³-hybridized carbons (Fsp3) is 1.00. The summed E-state index contributed by atoms with van der Waals surface area (Å²) in [4.78, 5) is 0. The van der Waals surface area contributed by atoms with Gasteiger partial charge in [-0.3, -0.25) is 0 Å². The minimum atomic E-state index is 0.165. The first-order valence-corrected chi connectivity index (χ1v) is 11.8. The molecule has 0 aromatic heterocycles. The molecule has 0 aliphatic heterocycles. The molecule has 0 aliphatic carbocycles. The van der Waals surface area contributed by atoms with Gasteiger partial charge in [-0.25, -0.2) is 0 Å². The van der Waals surface area contributed by atoms with Crippen LogP contribution >= 0.6 is 0 Å². The van der Waals surface area contributed by atoms with Crippen molar-refractivity contribution in [3.05, 3.63) is 0 Å². The molecule has 26 heavy (non-hydrogen) atoms. The van der Waals surface area contributed by atoms with Gasteiger partial charge in [0.1, 0.15) is 0 Å². The van der Waals surface area contributed by atoms with E-state index in [1.165, 1.54) is 103 Å². The quantitative estimate of drug-likeness (QED) is 0.205. The van der Waals surface area contributed by atoms with Crippen molar-refractivity contribution < 1.29 is 10.2 Å². The lowest BCUT2D eigenvalue weighted by molar-refractivity contribution is 0.217. The largest absolute Gasteiger partial charge is 0.396 e. The molecule has 0 radical (unpaired) electrons. The molecule has 0 amide bonds. The van der Waals surface area contributed by atoms with Crippen LogP contribution in [0, 0.1) is 0 Å². The van der Waals surface area contributed by atoms with Crippen LogP contribution in [0.25, 0.3) is 0 Å². The Labute approximate surface area is 164 Å². The van der Waals surface area contributed by atoms with E-state index < -0.39 is 0 Å². The van der Waals surface area contributed by atoms with Crippen molar-refractivity contribution in [3.63, 3.8) is 0 Å². The van der Waals surface area contributed by atoms with Crippen LogP contribution in [0.2, 0.25) is 0 Å². The van der Waals surface area contributed by atoms with Gasteiger partial charge in [-0.15, -0.1) is 0 Å². The molecule has 3 N–H and O–H groups in total. The second kappa shape index (κ2) is 22.9. The molecule has 0 saturated carbocycles. The van der Waals surface area contributed by atoms with Crippen molar-refractivity contribution in [3.8, 4) is 0 Å². The third-order valence-corrected chi connectivity index (χ3v) is 5.39. The maximum Gasteiger partial charge on any atom is 0.0584 e. The average Bonchev–Trinajstić information content (AvgIpc) is 2.66. The van der Waals surface area contributed by atoms with E-state index in [1.54, 1.807) is 0 Å². The molecule has 3 nitrogen and oxygen atoms in total. The lowest BCUT2D eigenvalue weighted by Crippen LogP contribution is -2.33. The van der Waals surface area contributed by atoms with Gasteiger partial charge in [0.25, 0.3) is 0 Å². The van der Waals surface area contributed by atoms with Crippen molar-refractivity contribution >= 4 is 0 Å². The van der Waals surface area contributed by atoms with Crippen LogP contribution in [0.1, 0.15) is 122 Å². The molecule has 0 bridgehead atoms. The van der Waals surface area contributed by atoms with E-state index in [1.807, 2.05) is 0 Å². The van der Waals surface area contributed by atoms with Crippen molar-refractivity contribution in [1.82, 2.24) is 5.32 Å². The molecule has 0 rings (SSSR count). The Kier molecular flexibility index (Phi) is 22.8. The van der Waals surface area contributed by atoms with Gasteiger partial charge in [-0.05, 0) is 25.8 Å². The molecule has 0 aliphatic rings. The number of hydrogen-bond donors (Lipinski definition) is 3. The molecule has 0 unspecified atom stereocenters. The van der Waals surface area contributed by atoms with Crippen molar-refractivity contribution in [1.29, 1.82) is 0 Å². The van der Waals surface area contributed by atoms with E-state index in [2.05, 4.69) is 12.2 Å². The van der Waals surface area contributed by atoms with Gasteiger partial charge in [0.05, 0.1) is 6.61 Å². The molecular formula is C23H49NO2. The summed E-state index contributed by atoms with van der Waals surface area (Å²) in [7, 11) is 0. The number of aliphatic hydroxyl groups is 2. The van der Waals surface area contributed by atoms with Gasteiger partial charge in [0.15, 0.2) is 0 Å². The lowest BCUT2D eigenvalue weighted by atomic mass is 10.0. The van der Waals surface area contributed by atoms with E-state index in [0.717, 1.165) is 19.4 Å². The number of rotatable bonds is 22. The highest BCUT2D eigenvalue weighted by molar-refractivity contribution is 4.65. The van der Waals surface area contributed by atoms with Gasteiger partial charge < -0.3 is 15.5 Å². The fourth-order valence-electron chi connectivity index (χ4n) is 3.57. The van der Waals surface area contributed by atoms with Crippen LogP contribution in [0.3, 0.4) is 0 Å². The van der Waals surface area contributed by atoms with Crippen molar-refractivity contribution in [2.45, 2.75) is 129 Å². The van der Waals surface area contributed by atoms with Crippen LogP contribution in [-0.4, -0.2) is 36.0 Å². The van der Waals surface area contributed by atoms with Crippen LogP contribution in [0.4, 0.5) is 0 Å². The predicted molar refractivity (Wildman–Crippen MR) is 115 cm³/mol. The summed E-state index contributed by atoms with van der Waals surface area (Å²) in [6.07, 6.45) is 24.0. The average molecular weight is 372 g/mol. The molecule has 158 valence electrons. The molecule has 0 spiro atoms. The summed E-state index contributed by atoms with van der Waals surface area (Å²) in [5, 5.41) is 21.5. The molecule has 0 aromatic rings. The summed E-state index contributed by atoms with van der Waals surface area (Å²) in [6, 6.07) is 0.165. The minimum absolute atomic E-state index is 0.165. The predicted octanol–water partition coefficient (Wildman–Crippen LogP) is 5.97. The molecule has 0 heterocycles. The Balaban J connectivity index is 3.11. The smallest absolute Gasteiger partial charge is 0.0584 e. The molecule has 3 heteroatoms. The second-order valence-electron chi connectivity index (χ2n) is 8.00. The maximum absolute atomic E-state index is 9.24. The zero-order chi connectivity index (χ0) is 19.1. The number of hydrogen-bond acceptors (Lipinski definition) is 3. The first kappa shape index (κ1) is 25.9. The molecule has 0 aromatic carbocycles. The van der Waals surface area contributed by atoms with Crippen LogP contribution in [-0.2, 0) is 0 Å². The van der Waals surface area contributed by atoms with Gasteiger partial charge in [-0.2, -0.15) is 0 Å². The van der Waals surface area contributed by atoms with Gasteiger partial charge >= 0.3 is 0 Å². The van der Waals surface area contributed by atoms with E-state index in [-0.39, 0.29) is 19.3 Å². The van der Waals surface area contributed by atoms with E-state index >= 15 is 0 Å². The van der Waals surface area contributed by atoms with E-state index in [9.17, 15) is 5.11 Å². The zero-order valence-electron chi connectivity index (χ0n) is 17.8.